The Morgan fingerprint density at radius 1 is 1.28 bits per heavy atom. The molecule has 7 nitrogen and oxygen atoms in total. The number of nitrogens with zero attached hydrogens (tertiary/aromatic N) is 4. The molecule has 2 atom stereocenters. The summed E-state index contributed by atoms with van der Waals surface area (Å²) < 4.78 is 5.52. The molecule has 3 heterocycles. The third-order valence-electron chi connectivity index (χ3n) is 4.48. The van der Waals surface area contributed by atoms with Crippen molar-refractivity contribution in [3.05, 3.63) is 42.5 Å². The van der Waals surface area contributed by atoms with E-state index in [1.807, 2.05) is 12.1 Å². The van der Waals surface area contributed by atoms with Gasteiger partial charge in [-0.1, -0.05) is 0 Å². The fourth-order valence-corrected chi connectivity index (χ4v) is 2.94. The second-order valence-corrected chi connectivity index (χ2v) is 6.44. The minimum Gasteiger partial charge on any atom is -0.378 e. The molecule has 25 heavy (non-hydrogen) atoms. The van der Waals surface area contributed by atoms with Crippen LogP contribution in [0.1, 0.15) is 24.2 Å². The number of ether oxygens (including phenoxy) is 1. The average molecular weight is 341 g/mol. The molecule has 0 unspecified atom stereocenters. The Labute approximate surface area is 147 Å². The predicted octanol–water partition coefficient (Wildman–Crippen LogP) is 1.38. The maximum atomic E-state index is 12.5. The maximum absolute atomic E-state index is 12.5. The number of nitrogens with one attached hydrogen (secondary N) is 1. The van der Waals surface area contributed by atoms with Gasteiger partial charge in [0.1, 0.15) is 0 Å². The molecule has 3 rings (SSSR count). The van der Waals surface area contributed by atoms with Gasteiger partial charge >= 0.3 is 0 Å². The number of hydrogen-bond acceptors (Lipinski definition) is 6. The molecule has 0 radical (unpaired) electrons. The van der Waals surface area contributed by atoms with Crippen molar-refractivity contribution in [1.29, 1.82) is 0 Å². The zero-order chi connectivity index (χ0) is 17.8. The van der Waals surface area contributed by atoms with Crippen LogP contribution in [-0.4, -0.2) is 64.1 Å². The van der Waals surface area contributed by atoms with Crippen molar-refractivity contribution in [3.8, 4) is 11.4 Å². The Bertz CT molecular complexity index is 705. The lowest BCUT2D eigenvalue weighted by Crippen LogP contribution is -2.43. The van der Waals surface area contributed by atoms with E-state index in [0.717, 1.165) is 18.7 Å². The molecule has 7 heteroatoms. The number of carbonyl (C=O) groups excluding carboxylic acids is 1. The van der Waals surface area contributed by atoms with Gasteiger partial charge in [0.2, 0.25) is 0 Å². The van der Waals surface area contributed by atoms with Gasteiger partial charge < -0.3 is 10.1 Å². The summed E-state index contributed by atoms with van der Waals surface area (Å²) in [7, 11) is 1.68. The van der Waals surface area contributed by atoms with Crippen LogP contribution in [0.15, 0.2) is 36.9 Å². The van der Waals surface area contributed by atoms with Crippen molar-refractivity contribution in [2.75, 3.05) is 20.2 Å². The fraction of sp³-hybridized carbons (Fsp3) is 0.444. The van der Waals surface area contributed by atoms with E-state index in [2.05, 4.69) is 39.0 Å². The molecule has 1 N–H and O–H groups in total. The Morgan fingerprint density at radius 3 is 2.64 bits per heavy atom. The fourth-order valence-electron chi connectivity index (χ4n) is 2.94. The van der Waals surface area contributed by atoms with Crippen LogP contribution in [0, 0.1) is 0 Å². The van der Waals surface area contributed by atoms with Gasteiger partial charge in [-0.05, 0) is 26.0 Å². The van der Waals surface area contributed by atoms with E-state index in [1.165, 1.54) is 0 Å². The van der Waals surface area contributed by atoms with E-state index in [-0.39, 0.29) is 18.1 Å². The molecule has 0 aromatic carbocycles. The summed E-state index contributed by atoms with van der Waals surface area (Å²) in [4.78, 5) is 27.4. The molecule has 1 saturated heterocycles. The summed E-state index contributed by atoms with van der Waals surface area (Å²) in [5.41, 5.74) is 1.25. The second kappa shape index (κ2) is 7.67. The van der Waals surface area contributed by atoms with Crippen LogP contribution in [0.25, 0.3) is 11.4 Å². The first-order valence-electron chi connectivity index (χ1n) is 8.38. The van der Waals surface area contributed by atoms with Gasteiger partial charge in [-0.15, -0.1) is 0 Å². The maximum Gasteiger partial charge on any atom is 0.254 e. The van der Waals surface area contributed by atoms with Crippen LogP contribution in [-0.2, 0) is 4.74 Å². The summed E-state index contributed by atoms with van der Waals surface area (Å²) in [5.74, 6) is 0.363. The zero-order valence-corrected chi connectivity index (χ0v) is 14.7. The monoisotopic (exact) mass is 341 g/mol. The van der Waals surface area contributed by atoms with Crippen LogP contribution < -0.4 is 5.32 Å². The van der Waals surface area contributed by atoms with Crippen molar-refractivity contribution in [2.24, 2.45) is 0 Å². The Morgan fingerprint density at radius 2 is 2.04 bits per heavy atom. The van der Waals surface area contributed by atoms with Gasteiger partial charge in [0.05, 0.1) is 17.7 Å². The minimum absolute atomic E-state index is 0.0121. The number of likely N-dealkylation sites (tertiary alicyclic amines) is 1. The summed E-state index contributed by atoms with van der Waals surface area (Å²) in [6.07, 6.45) is 6.46. The van der Waals surface area contributed by atoms with Gasteiger partial charge in [0.15, 0.2) is 5.82 Å². The smallest absolute Gasteiger partial charge is 0.254 e. The van der Waals surface area contributed by atoms with Gasteiger partial charge in [-0.3, -0.25) is 14.7 Å². The number of carbonyl (C=O) groups is 1. The van der Waals surface area contributed by atoms with E-state index in [9.17, 15) is 4.79 Å². The lowest BCUT2D eigenvalue weighted by atomic mass is 10.2. The van der Waals surface area contributed by atoms with E-state index < -0.39 is 0 Å². The number of rotatable bonds is 5. The highest BCUT2D eigenvalue weighted by molar-refractivity contribution is 5.94. The van der Waals surface area contributed by atoms with Crippen LogP contribution in [0.4, 0.5) is 0 Å². The molecule has 0 spiro atoms. The largest absolute Gasteiger partial charge is 0.378 e. The first kappa shape index (κ1) is 17.4. The number of methoxy groups -OCH3 is 1. The highest BCUT2D eigenvalue weighted by Crippen LogP contribution is 2.17. The van der Waals surface area contributed by atoms with Crippen LogP contribution in [0.5, 0.6) is 0 Å². The molecular formula is C18H23N5O2. The lowest BCUT2D eigenvalue weighted by Gasteiger charge is -2.20. The van der Waals surface area contributed by atoms with E-state index in [1.54, 1.807) is 31.9 Å². The predicted molar refractivity (Wildman–Crippen MR) is 94.0 cm³/mol. The molecule has 2 aromatic heterocycles. The number of hydrogen-bond donors (Lipinski definition) is 1. The third-order valence-corrected chi connectivity index (χ3v) is 4.48. The minimum atomic E-state index is -0.185. The van der Waals surface area contributed by atoms with Gasteiger partial charge in [-0.2, -0.15) is 0 Å². The van der Waals surface area contributed by atoms with E-state index in [4.69, 9.17) is 4.74 Å². The average Bonchev–Trinajstić information content (AvgIpc) is 3.06. The highest BCUT2D eigenvalue weighted by atomic mass is 16.5. The first-order chi connectivity index (χ1) is 12.1. The number of amides is 1. The van der Waals surface area contributed by atoms with Crippen molar-refractivity contribution >= 4 is 5.91 Å². The molecule has 1 fully saturated rings. The Kier molecular flexibility index (Phi) is 5.35. The van der Waals surface area contributed by atoms with Gasteiger partial charge in [0.25, 0.3) is 5.91 Å². The van der Waals surface area contributed by atoms with Crippen LogP contribution >= 0.6 is 0 Å². The zero-order valence-electron chi connectivity index (χ0n) is 14.7. The SMILES string of the molecule is CO[C@@H]1CN(C(C)C)C[C@H]1NC(=O)c1cnc(-c2cccnc2)nc1. The van der Waals surface area contributed by atoms with E-state index in [0.29, 0.717) is 17.4 Å². The topological polar surface area (TPSA) is 80.2 Å². The molecule has 0 bridgehead atoms. The van der Waals surface area contributed by atoms with Gasteiger partial charge in [-0.25, -0.2) is 9.97 Å². The highest BCUT2D eigenvalue weighted by Gasteiger charge is 2.35. The van der Waals surface area contributed by atoms with E-state index >= 15 is 0 Å². The van der Waals surface area contributed by atoms with Gasteiger partial charge in [0, 0.05) is 56.6 Å². The standard InChI is InChI=1S/C18H23N5O2/c1-12(2)23-10-15(16(11-23)25-3)22-18(24)14-8-20-17(21-9-14)13-5-4-6-19-7-13/h4-9,12,15-16H,10-11H2,1-3H3,(H,22,24)/t15-,16-/m1/s1. The lowest BCUT2D eigenvalue weighted by molar-refractivity contribution is 0.0753. The van der Waals surface area contributed by atoms with Crippen molar-refractivity contribution in [1.82, 2.24) is 25.2 Å². The number of pyridine rings is 1. The molecule has 0 aliphatic carbocycles. The van der Waals surface area contributed by atoms with Crippen molar-refractivity contribution in [2.45, 2.75) is 32.0 Å². The molecular weight excluding hydrogens is 318 g/mol. The first-order valence-corrected chi connectivity index (χ1v) is 8.38. The molecule has 1 aliphatic rings. The second-order valence-electron chi connectivity index (χ2n) is 6.44. The molecule has 1 aliphatic heterocycles. The quantitative estimate of drug-likeness (QED) is 0.885. The molecule has 1 amide bonds. The molecule has 132 valence electrons. The summed E-state index contributed by atoms with van der Waals surface area (Å²) in [6, 6.07) is 4.08. The normalized spacial score (nSPS) is 20.8. The third kappa shape index (κ3) is 4.00. The summed E-state index contributed by atoms with van der Waals surface area (Å²) in [5, 5.41) is 3.04. The van der Waals surface area contributed by atoms with Crippen molar-refractivity contribution < 1.29 is 9.53 Å². The number of aromatic nitrogens is 3. The Hall–Kier alpha value is -2.38. The Balaban J connectivity index is 1.67. The van der Waals surface area contributed by atoms with Crippen LogP contribution in [0.3, 0.4) is 0 Å². The van der Waals surface area contributed by atoms with Crippen LogP contribution in [0.2, 0.25) is 0 Å². The summed E-state index contributed by atoms with van der Waals surface area (Å²) >= 11 is 0. The molecule has 0 saturated carbocycles. The van der Waals surface area contributed by atoms with Crippen molar-refractivity contribution in [3.63, 3.8) is 0 Å². The molecule has 2 aromatic rings. The summed E-state index contributed by atoms with van der Waals surface area (Å²) in [6.45, 7) is 5.87.